The van der Waals surface area contributed by atoms with Crippen molar-refractivity contribution in [3.05, 3.63) is 52.4 Å². The van der Waals surface area contributed by atoms with E-state index in [2.05, 4.69) is 11.4 Å². The minimum absolute atomic E-state index is 0.262. The number of hydrogen-bond donors (Lipinski definition) is 1. The molecule has 0 bridgehead atoms. The maximum Gasteiger partial charge on any atom is 0.203 e. The third-order valence-electron chi connectivity index (χ3n) is 2.33. The molecule has 0 aliphatic carbocycles. The zero-order valence-corrected chi connectivity index (χ0v) is 10.0. The molecule has 88 valence electrons. The number of benzene rings is 1. The minimum Gasteiger partial charge on any atom is -0.449 e. The largest absolute Gasteiger partial charge is 0.449 e. The Morgan fingerprint density at radius 3 is 2.67 bits per heavy atom. The summed E-state index contributed by atoms with van der Waals surface area (Å²) in [6.07, 6.45) is 0. The number of rotatable bonds is 3. The summed E-state index contributed by atoms with van der Waals surface area (Å²) in [5, 5.41) is 21.2. The average Bonchev–Trinajstić information content (AvgIpc) is 2.84. The van der Waals surface area contributed by atoms with Gasteiger partial charge in [0.25, 0.3) is 0 Å². The van der Waals surface area contributed by atoms with Gasteiger partial charge in [-0.15, -0.1) is 0 Å². The number of nitrogens with zero attached hydrogens (tertiary/aromatic N) is 2. The van der Waals surface area contributed by atoms with E-state index < -0.39 is 0 Å². The first kappa shape index (κ1) is 12.0. The monoisotopic (exact) mass is 257 g/mol. The molecule has 4 nitrogen and oxygen atoms in total. The second-order valence-electron chi connectivity index (χ2n) is 3.53. The third-order valence-corrected chi connectivity index (χ3v) is 2.56. The van der Waals surface area contributed by atoms with Crippen molar-refractivity contribution < 1.29 is 4.42 Å². The molecule has 2 rings (SSSR count). The molecule has 0 unspecified atom stereocenters. The second kappa shape index (κ2) is 5.27. The van der Waals surface area contributed by atoms with Crippen molar-refractivity contribution in [2.45, 2.75) is 6.54 Å². The summed E-state index contributed by atoms with van der Waals surface area (Å²) in [5.41, 5.74) is 1.14. The number of nitriles is 2. The van der Waals surface area contributed by atoms with Gasteiger partial charge in [-0.25, -0.2) is 0 Å². The van der Waals surface area contributed by atoms with Gasteiger partial charge in [0.05, 0.1) is 17.8 Å². The van der Waals surface area contributed by atoms with Gasteiger partial charge in [-0.05, 0) is 30.3 Å². The number of nitrogens with one attached hydrogen (secondary N) is 1. The minimum atomic E-state index is 0.262. The number of halogens is 1. The average molecular weight is 258 g/mol. The van der Waals surface area contributed by atoms with Gasteiger partial charge in [0.2, 0.25) is 5.76 Å². The molecule has 0 aliphatic heterocycles. The Balaban J connectivity index is 2.13. The molecule has 1 N–H and O–H groups in total. The lowest BCUT2D eigenvalue weighted by Crippen LogP contribution is -2.00. The van der Waals surface area contributed by atoms with Gasteiger partial charge in [0, 0.05) is 5.02 Å². The first-order valence-corrected chi connectivity index (χ1v) is 5.53. The number of hydrogen-bond acceptors (Lipinski definition) is 4. The predicted octanol–water partition coefficient (Wildman–Crippen LogP) is 3.29. The summed E-state index contributed by atoms with van der Waals surface area (Å²) in [6.45, 7) is 0.386. The van der Waals surface area contributed by atoms with Crippen LogP contribution in [-0.2, 0) is 6.54 Å². The van der Waals surface area contributed by atoms with E-state index in [1.165, 1.54) is 0 Å². The van der Waals surface area contributed by atoms with Crippen LogP contribution in [0.3, 0.4) is 0 Å². The molecule has 0 fully saturated rings. The maximum atomic E-state index is 8.95. The van der Waals surface area contributed by atoms with Crippen LogP contribution in [0.4, 0.5) is 5.69 Å². The lowest BCUT2D eigenvalue weighted by Gasteiger charge is -2.06. The Hall–Kier alpha value is -2.43. The van der Waals surface area contributed by atoms with Crippen LogP contribution in [0.1, 0.15) is 17.1 Å². The molecule has 0 spiro atoms. The van der Waals surface area contributed by atoms with E-state index in [0.717, 1.165) is 0 Å². The van der Waals surface area contributed by atoms with Crippen molar-refractivity contribution in [1.29, 1.82) is 10.5 Å². The summed E-state index contributed by atoms with van der Waals surface area (Å²) < 4.78 is 5.22. The Morgan fingerprint density at radius 2 is 2.00 bits per heavy atom. The Kier molecular flexibility index (Phi) is 3.52. The van der Waals surface area contributed by atoms with Gasteiger partial charge in [0.15, 0.2) is 0 Å². The summed E-state index contributed by atoms with van der Waals surface area (Å²) >= 11 is 5.87. The normalized spacial score (nSPS) is 9.50. The quantitative estimate of drug-likeness (QED) is 0.916. The van der Waals surface area contributed by atoms with Crippen molar-refractivity contribution in [2.24, 2.45) is 0 Å². The molecule has 0 saturated heterocycles. The summed E-state index contributed by atoms with van der Waals surface area (Å²) in [7, 11) is 0. The topological polar surface area (TPSA) is 72.8 Å². The molecular weight excluding hydrogens is 250 g/mol. The van der Waals surface area contributed by atoms with Crippen molar-refractivity contribution in [3.63, 3.8) is 0 Å². The van der Waals surface area contributed by atoms with Crippen LogP contribution < -0.4 is 5.32 Å². The van der Waals surface area contributed by atoms with Gasteiger partial charge < -0.3 is 9.73 Å². The van der Waals surface area contributed by atoms with E-state index in [9.17, 15) is 0 Å². The fourth-order valence-electron chi connectivity index (χ4n) is 1.48. The Bertz CT molecular complexity index is 649. The van der Waals surface area contributed by atoms with E-state index in [-0.39, 0.29) is 5.76 Å². The molecule has 2 aromatic rings. The van der Waals surface area contributed by atoms with Crippen LogP contribution in [-0.4, -0.2) is 0 Å². The highest BCUT2D eigenvalue weighted by atomic mass is 35.5. The molecule has 5 heteroatoms. The zero-order chi connectivity index (χ0) is 13.0. The van der Waals surface area contributed by atoms with Gasteiger partial charge in [-0.1, -0.05) is 11.6 Å². The number of furan rings is 1. The first-order chi connectivity index (χ1) is 8.72. The Morgan fingerprint density at radius 1 is 1.17 bits per heavy atom. The van der Waals surface area contributed by atoms with Gasteiger partial charge in [0.1, 0.15) is 17.9 Å². The van der Waals surface area contributed by atoms with Crippen molar-refractivity contribution in [1.82, 2.24) is 0 Å². The van der Waals surface area contributed by atoms with Crippen molar-refractivity contribution in [2.75, 3.05) is 5.32 Å². The van der Waals surface area contributed by atoms with E-state index in [1.807, 2.05) is 6.07 Å². The van der Waals surface area contributed by atoms with Gasteiger partial charge >= 0.3 is 0 Å². The molecule has 18 heavy (non-hydrogen) atoms. The molecule has 0 radical (unpaired) electrons. The molecule has 1 aromatic carbocycles. The molecular formula is C13H8ClN3O. The van der Waals surface area contributed by atoms with Crippen molar-refractivity contribution in [3.8, 4) is 12.1 Å². The number of anilines is 1. The highest BCUT2D eigenvalue weighted by Gasteiger charge is 2.05. The second-order valence-corrected chi connectivity index (χ2v) is 3.97. The summed E-state index contributed by atoms with van der Waals surface area (Å²) in [6, 6.07) is 12.3. The van der Waals surface area contributed by atoms with E-state index in [1.54, 1.807) is 30.3 Å². The van der Waals surface area contributed by atoms with Crippen LogP contribution in [0.5, 0.6) is 0 Å². The molecule has 0 aliphatic rings. The van der Waals surface area contributed by atoms with E-state index >= 15 is 0 Å². The SMILES string of the molecule is N#Cc1ccc(CNc2cc(Cl)ccc2C#N)o1. The van der Waals surface area contributed by atoms with Crippen LogP contribution in [0.15, 0.2) is 34.7 Å². The smallest absolute Gasteiger partial charge is 0.203 e. The maximum absolute atomic E-state index is 8.95. The summed E-state index contributed by atoms with van der Waals surface area (Å²) in [4.78, 5) is 0. The first-order valence-electron chi connectivity index (χ1n) is 5.15. The van der Waals surface area contributed by atoms with Crippen LogP contribution >= 0.6 is 11.6 Å². The fourth-order valence-corrected chi connectivity index (χ4v) is 1.65. The summed E-state index contributed by atoms with van der Waals surface area (Å²) in [5.74, 6) is 0.883. The van der Waals surface area contributed by atoms with Crippen LogP contribution in [0.25, 0.3) is 0 Å². The molecule has 0 atom stereocenters. The van der Waals surface area contributed by atoms with Crippen LogP contribution in [0.2, 0.25) is 5.02 Å². The molecule has 0 amide bonds. The lowest BCUT2D eigenvalue weighted by atomic mass is 10.2. The van der Waals surface area contributed by atoms with Crippen molar-refractivity contribution >= 4 is 17.3 Å². The van der Waals surface area contributed by atoms with Gasteiger partial charge in [-0.3, -0.25) is 0 Å². The Labute approximate surface area is 109 Å². The van der Waals surface area contributed by atoms with Crippen LogP contribution in [0, 0.1) is 22.7 Å². The van der Waals surface area contributed by atoms with E-state index in [0.29, 0.717) is 28.6 Å². The fraction of sp³-hybridized carbons (Fsp3) is 0.0769. The highest BCUT2D eigenvalue weighted by molar-refractivity contribution is 6.30. The standard InChI is InChI=1S/C13H8ClN3O/c14-10-2-1-9(6-15)13(5-10)17-8-12-4-3-11(7-16)18-12/h1-5,17H,8H2. The molecule has 1 aromatic heterocycles. The van der Waals surface area contributed by atoms with E-state index in [4.69, 9.17) is 26.5 Å². The lowest BCUT2D eigenvalue weighted by molar-refractivity contribution is 0.506. The zero-order valence-electron chi connectivity index (χ0n) is 9.27. The predicted molar refractivity (Wildman–Crippen MR) is 66.9 cm³/mol. The van der Waals surface area contributed by atoms with Gasteiger partial charge in [-0.2, -0.15) is 10.5 Å². The highest BCUT2D eigenvalue weighted by Crippen LogP contribution is 2.21. The third kappa shape index (κ3) is 2.63. The molecule has 1 heterocycles. The molecule has 0 saturated carbocycles.